The molecule has 1 aliphatic heterocycles. The van der Waals surface area contributed by atoms with E-state index in [9.17, 15) is 18.0 Å². The minimum Gasteiger partial charge on any atom is -0.468 e. The van der Waals surface area contributed by atoms with E-state index in [4.69, 9.17) is 9.15 Å². The summed E-state index contributed by atoms with van der Waals surface area (Å²) >= 11 is 1.08. The van der Waals surface area contributed by atoms with Crippen molar-refractivity contribution in [2.24, 2.45) is 0 Å². The Morgan fingerprint density at radius 3 is 2.67 bits per heavy atom. The van der Waals surface area contributed by atoms with Crippen LogP contribution in [-0.2, 0) is 24.2 Å². The third-order valence-corrected chi connectivity index (χ3v) is 7.67. The lowest BCUT2D eigenvalue weighted by molar-refractivity contribution is -0.139. The summed E-state index contributed by atoms with van der Waals surface area (Å²) in [7, 11) is -3.77. The molecule has 8 nitrogen and oxygen atoms in total. The third kappa shape index (κ3) is 4.76. The maximum Gasteiger partial charge on any atom is 0.309 e. The number of ether oxygens (including phenoxy) is 1. The fraction of sp³-hybridized carbons (Fsp3) is 0.412. The van der Waals surface area contributed by atoms with Crippen molar-refractivity contribution < 1.29 is 27.2 Å². The minimum atomic E-state index is -3.77. The Hall–Kier alpha value is -2.17. The molecule has 0 aromatic carbocycles. The second-order valence-electron chi connectivity index (χ2n) is 6.04. The zero-order valence-corrected chi connectivity index (χ0v) is 16.1. The predicted molar refractivity (Wildman–Crippen MR) is 97.9 cm³/mol. The summed E-state index contributed by atoms with van der Waals surface area (Å²) in [5.74, 6) is -1.52. The van der Waals surface area contributed by atoms with Gasteiger partial charge in [0.25, 0.3) is 0 Å². The molecule has 0 saturated carbocycles. The van der Waals surface area contributed by atoms with Gasteiger partial charge in [-0.25, -0.2) is 8.42 Å². The molecule has 0 unspecified atom stereocenters. The highest BCUT2D eigenvalue weighted by Crippen LogP contribution is 2.31. The molecule has 0 radical (unpaired) electrons. The number of furan rings is 1. The molecule has 10 heteroatoms. The first-order valence-corrected chi connectivity index (χ1v) is 10.9. The van der Waals surface area contributed by atoms with Crippen molar-refractivity contribution >= 4 is 33.0 Å². The third-order valence-electron chi connectivity index (χ3n) is 4.18. The number of nitrogens with one attached hydrogen (secondary N) is 2. The Balaban J connectivity index is 1.63. The molecule has 1 saturated heterocycles. The lowest BCUT2D eigenvalue weighted by atomic mass is 10.2. The van der Waals surface area contributed by atoms with Crippen LogP contribution in [0.4, 0.5) is 0 Å². The number of hydrogen-bond donors (Lipinski definition) is 2. The van der Waals surface area contributed by atoms with Gasteiger partial charge in [0, 0.05) is 19.7 Å². The molecule has 146 valence electrons. The van der Waals surface area contributed by atoms with Crippen LogP contribution >= 0.6 is 11.3 Å². The number of carbonyl (C=O) groups is 2. The van der Waals surface area contributed by atoms with Gasteiger partial charge < -0.3 is 19.8 Å². The van der Waals surface area contributed by atoms with E-state index in [1.807, 2.05) is 0 Å². The van der Waals surface area contributed by atoms with Crippen LogP contribution in [-0.4, -0.2) is 46.0 Å². The molecule has 1 fully saturated rings. The van der Waals surface area contributed by atoms with Gasteiger partial charge in [-0.1, -0.05) is 6.07 Å². The second-order valence-corrected chi connectivity index (χ2v) is 9.34. The van der Waals surface area contributed by atoms with Crippen molar-refractivity contribution in [3.05, 3.63) is 41.7 Å². The van der Waals surface area contributed by atoms with Crippen LogP contribution in [0.25, 0.3) is 0 Å². The summed E-state index contributed by atoms with van der Waals surface area (Å²) < 4.78 is 36.5. The van der Waals surface area contributed by atoms with Gasteiger partial charge in [0.1, 0.15) is 15.2 Å². The summed E-state index contributed by atoms with van der Waals surface area (Å²) in [5.41, 5.74) is 0. The molecule has 2 atom stereocenters. The van der Waals surface area contributed by atoms with E-state index in [-0.39, 0.29) is 29.2 Å². The molecular formula is C17H20N2O6S2. The standard InChI is InChI=1S/C17H20N2O6S2/c20-16(18-10-12-4-1-7-24-12)17(21)19-11-14(13-5-2-8-25-13)27(22,23)15-6-3-9-26-15/h2-3,5-6,8-9,12,14H,1,4,7,10-11H2,(H,18,20)(H,19,21)/t12-,14-/m1/s1. The zero-order valence-electron chi connectivity index (χ0n) is 14.4. The van der Waals surface area contributed by atoms with Gasteiger partial charge in [-0.2, -0.15) is 0 Å². The van der Waals surface area contributed by atoms with Crippen molar-refractivity contribution in [1.29, 1.82) is 0 Å². The van der Waals surface area contributed by atoms with Crippen molar-refractivity contribution in [1.82, 2.24) is 10.6 Å². The quantitative estimate of drug-likeness (QED) is 0.662. The first kappa shape index (κ1) is 19.6. The highest BCUT2D eigenvalue weighted by atomic mass is 32.2. The number of carbonyl (C=O) groups excluding carboxylic acids is 2. The normalized spacial score (nSPS) is 18.1. The van der Waals surface area contributed by atoms with Crippen molar-refractivity contribution in [3.8, 4) is 0 Å². The Morgan fingerprint density at radius 2 is 2.04 bits per heavy atom. The highest BCUT2D eigenvalue weighted by molar-refractivity contribution is 7.93. The van der Waals surface area contributed by atoms with Gasteiger partial charge >= 0.3 is 11.8 Å². The molecule has 3 heterocycles. The van der Waals surface area contributed by atoms with Crippen LogP contribution in [0.2, 0.25) is 0 Å². The van der Waals surface area contributed by atoms with Crippen LogP contribution < -0.4 is 10.6 Å². The van der Waals surface area contributed by atoms with E-state index in [2.05, 4.69) is 10.6 Å². The first-order valence-electron chi connectivity index (χ1n) is 8.47. The molecular weight excluding hydrogens is 392 g/mol. The van der Waals surface area contributed by atoms with Gasteiger partial charge in [-0.3, -0.25) is 9.59 Å². The Kier molecular flexibility index (Phi) is 6.30. The van der Waals surface area contributed by atoms with Crippen LogP contribution in [0.5, 0.6) is 0 Å². The lowest BCUT2D eigenvalue weighted by Gasteiger charge is -2.16. The summed E-state index contributed by atoms with van der Waals surface area (Å²) in [4.78, 5) is 24.0. The predicted octanol–water partition coefficient (Wildman–Crippen LogP) is 1.27. The molecule has 27 heavy (non-hydrogen) atoms. The SMILES string of the molecule is O=C(NC[C@H]1CCCO1)C(=O)NC[C@H](c1ccco1)S(=O)(=O)c1cccs1. The maximum atomic E-state index is 12.9. The molecule has 2 aromatic heterocycles. The number of rotatable bonds is 7. The topological polar surface area (TPSA) is 115 Å². The van der Waals surface area contributed by atoms with E-state index in [1.165, 1.54) is 18.4 Å². The Labute approximate surface area is 160 Å². The van der Waals surface area contributed by atoms with Crippen LogP contribution in [0.3, 0.4) is 0 Å². The average molecular weight is 412 g/mol. The van der Waals surface area contributed by atoms with Crippen molar-refractivity contribution in [2.45, 2.75) is 28.4 Å². The van der Waals surface area contributed by atoms with E-state index in [0.717, 1.165) is 24.2 Å². The van der Waals surface area contributed by atoms with Gasteiger partial charge in [-0.05, 0) is 36.4 Å². The summed E-state index contributed by atoms with van der Waals surface area (Å²) in [6.45, 7) is 0.624. The highest BCUT2D eigenvalue weighted by Gasteiger charge is 2.33. The molecule has 0 bridgehead atoms. The lowest BCUT2D eigenvalue weighted by Crippen LogP contribution is -2.44. The number of sulfone groups is 1. The van der Waals surface area contributed by atoms with Gasteiger partial charge in [0.2, 0.25) is 0 Å². The molecule has 0 aliphatic carbocycles. The van der Waals surface area contributed by atoms with Gasteiger partial charge in [0.05, 0.1) is 12.4 Å². The van der Waals surface area contributed by atoms with Crippen molar-refractivity contribution in [3.63, 3.8) is 0 Å². The first-order chi connectivity index (χ1) is 13.0. The van der Waals surface area contributed by atoms with E-state index >= 15 is 0 Å². The van der Waals surface area contributed by atoms with Gasteiger partial charge in [0.15, 0.2) is 9.84 Å². The van der Waals surface area contributed by atoms with Crippen LogP contribution in [0.15, 0.2) is 44.5 Å². The number of thiophene rings is 1. The zero-order chi connectivity index (χ0) is 19.3. The fourth-order valence-corrected chi connectivity index (χ4v) is 5.55. The average Bonchev–Trinajstić information content (AvgIpc) is 3.42. The van der Waals surface area contributed by atoms with Crippen LogP contribution in [0.1, 0.15) is 23.9 Å². The Bertz CT molecular complexity index is 855. The molecule has 3 rings (SSSR count). The largest absolute Gasteiger partial charge is 0.468 e. The summed E-state index contributed by atoms with van der Waals surface area (Å²) in [6, 6.07) is 6.22. The van der Waals surface area contributed by atoms with Crippen molar-refractivity contribution in [2.75, 3.05) is 19.7 Å². The van der Waals surface area contributed by atoms with Crippen LogP contribution in [0, 0.1) is 0 Å². The molecule has 2 aromatic rings. The Morgan fingerprint density at radius 1 is 1.22 bits per heavy atom. The molecule has 2 amide bonds. The minimum absolute atomic E-state index is 0.0863. The molecule has 2 N–H and O–H groups in total. The van der Waals surface area contributed by atoms with E-state index < -0.39 is 26.9 Å². The summed E-state index contributed by atoms with van der Waals surface area (Å²) in [6.07, 6.45) is 3.04. The number of hydrogen-bond acceptors (Lipinski definition) is 7. The monoisotopic (exact) mass is 412 g/mol. The number of amides is 2. The molecule has 0 spiro atoms. The maximum absolute atomic E-state index is 12.9. The van der Waals surface area contributed by atoms with E-state index in [0.29, 0.717) is 6.61 Å². The summed E-state index contributed by atoms with van der Waals surface area (Å²) in [5, 5.41) is 5.42. The van der Waals surface area contributed by atoms with E-state index in [1.54, 1.807) is 17.5 Å². The molecule has 1 aliphatic rings. The van der Waals surface area contributed by atoms with Gasteiger partial charge in [-0.15, -0.1) is 11.3 Å². The second kappa shape index (κ2) is 8.68. The fourth-order valence-electron chi connectivity index (χ4n) is 2.76. The smallest absolute Gasteiger partial charge is 0.309 e.